The second kappa shape index (κ2) is 5.65. The molecule has 0 saturated carbocycles. The van der Waals surface area contributed by atoms with Crippen LogP contribution in [0.25, 0.3) is 0 Å². The van der Waals surface area contributed by atoms with E-state index in [1.165, 1.54) is 0 Å². The SMILES string of the molecule is CCCN(CC#N)C(=O)c1ccc2c(c1)COC2. The van der Waals surface area contributed by atoms with E-state index >= 15 is 0 Å². The highest BCUT2D eigenvalue weighted by atomic mass is 16.5. The monoisotopic (exact) mass is 244 g/mol. The first kappa shape index (κ1) is 12.6. The number of hydrogen-bond acceptors (Lipinski definition) is 3. The Bertz CT molecular complexity index is 491. The highest BCUT2D eigenvalue weighted by Gasteiger charge is 2.18. The molecule has 1 amide bonds. The van der Waals surface area contributed by atoms with Crippen LogP contribution in [0, 0.1) is 11.3 Å². The third-order valence-corrected chi connectivity index (χ3v) is 3.01. The third-order valence-electron chi connectivity index (χ3n) is 3.01. The number of benzene rings is 1. The molecule has 1 aromatic rings. The van der Waals surface area contributed by atoms with Crippen LogP contribution in [0.1, 0.15) is 34.8 Å². The van der Waals surface area contributed by atoms with E-state index in [0.717, 1.165) is 17.5 Å². The van der Waals surface area contributed by atoms with Gasteiger partial charge in [-0.3, -0.25) is 4.79 Å². The molecule has 4 nitrogen and oxygen atoms in total. The maximum atomic E-state index is 12.3. The molecule has 0 bridgehead atoms. The van der Waals surface area contributed by atoms with Gasteiger partial charge in [0.15, 0.2) is 0 Å². The van der Waals surface area contributed by atoms with Gasteiger partial charge in [-0.05, 0) is 29.7 Å². The van der Waals surface area contributed by atoms with Gasteiger partial charge in [-0.1, -0.05) is 13.0 Å². The molecule has 1 aromatic carbocycles. The van der Waals surface area contributed by atoms with E-state index in [0.29, 0.717) is 25.3 Å². The van der Waals surface area contributed by atoms with Crippen molar-refractivity contribution >= 4 is 5.91 Å². The summed E-state index contributed by atoms with van der Waals surface area (Å²) in [6.07, 6.45) is 0.849. The van der Waals surface area contributed by atoms with Gasteiger partial charge in [0.05, 0.1) is 19.3 Å². The number of fused-ring (bicyclic) bond motifs is 1. The van der Waals surface area contributed by atoms with Crippen LogP contribution in [-0.4, -0.2) is 23.9 Å². The lowest BCUT2D eigenvalue weighted by Crippen LogP contribution is -2.32. The molecule has 0 unspecified atom stereocenters. The fourth-order valence-electron chi connectivity index (χ4n) is 2.10. The molecule has 1 heterocycles. The Balaban J connectivity index is 2.19. The van der Waals surface area contributed by atoms with Crippen molar-refractivity contribution in [1.82, 2.24) is 4.90 Å². The summed E-state index contributed by atoms with van der Waals surface area (Å²) in [5, 5.41) is 8.75. The van der Waals surface area contributed by atoms with Gasteiger partial charge < -0.3 is 9.64 Å². The van der Waals surface area contributed by atoms with E-state index in [2.05, 4.69) is 0 Å². The van der Waals surface area contributed by atoms with Crippen LogP contribution in [0.3, 0.4) is 0 Å². The van der Waals surface area contributed by atoms with Gasteiger partial charge in [0, 0.05) is 12.1 Å². The third kappa shape index (κ3) is 2.52. The Morgan fingerprint density at radius 3 is 2.94 bits per heavy atom. The molecule has 0 fully saturated rings. The minimum absolute atomic E-state index is 0.0758. The van der Waals surface area contributed by atoms with Gasteiger partial charge in [0.25, 0.3) is 5.91 Å². The van der Waals surface area contributed by atoms with Gasteiger partial charge in [0.2, 0.25) is 0 Å². The van der Waals surface area contributed by atoms with Crippen molar-refractivity contribution in [2.24, 2.45) is 0 Å². The number of nitriles is 1. The molecule has 1 aliphatic rings. The zero-order valence-corrected chi connectivity index (χ0v) is 10.5. The molecule has 0 N–H and O–H groups in total. The fraction of sp³-hybridized carbons (Fsp3) is 0.429. The van der Waals surface area contributed by atoms with Crippen LogP contribution < -0.4 is 0 Å². The van der Waals surface area contributed by atoms with E-state index in [1.807, 2.05) is 31.2 Å². The smallest absolute Gasteiger partial charge is 0.254 e. The van der Waals surface area contributed by atoms with Gasteiger partial charge >= 0.3 is 0 Å². The quantitative estimate of drug-likeness (QED) is 0.762. The maximum absolute atomic E-state index is 12.3. The van der Waals surface area contributed by atoms with Crippen molar-refractivity contribution in [3.05, 3.63) is 34.9 Å². The van der Waals surface area contributed by atoms with E-state index in [-0.39, 0.29) is 12.5 Å². The topological polar surface area (TPSA) is 53.3 Å². The van der Waals surface area contributed by atoms with Crippen LogP contribution in [0.4, 0.5) is 0 Å². The predicted molar refractivity (Wildman–Crippen MR) is 66.7 cm³/mol. The standard InChI is InChI=1S/C14H16N2O2/c1-2-6-16(7-5-15)14(17)11-3-4-12-9-18-10-13(12)8-11/h3-4,8H,2,6-7,9-10H2,1H3. The van der Waals surface area contributed by atoms with Crippen molar-refractivity contribution in [3.63, 3.8) is 0 Å². The first-order chi connectivity index (χ1) is 8.76. The van der Waals surface area contributed by atoms with Crippen LogP contribution >= 0.6 is 0 Å². The summed E-state index contributed by atoms with van der Waals surface area (Å²) in [7, 11) is 0. The predicted octanol–water partition coefficient (Wildman–Crippen LogP) is 2.09. The molecular formula is C14H16N2O2. The highest BCUT2D eigenvalue weighted by molar-refractivity contribution is 5.94. The van der Waals surface area contributed by atoms with Gasteiger partial charge in [-0.15, -0.1) is 0 Å². The Morgan fingerprint density at radius 2 is 2.22 bits per heavy atom. The lowest BCUT2D eigenvalue weighted by atomic mass is 10.1. The van der Waals surface area contributed by atoms with Crippen LogP contribution in [0.5, 0.6) is 0 Å². The molecule has 0 aliphatic carbocycles. The first-order valence-corrected chi connectivity index (χ1v) is 6.12. The Kier molecular flexibility index (Phi) is 3.96. The van der Waals surface area contributed by atoms with Gasteiger partial charge in [-0.2, -0.15) is 5.26 Å². The molecule has 2 rings (SSSR count). The van der Waals surface area contributed by atoms with Crippen molar-refractivity contribution in [1.29, 1.82) is 5.26 Å². The largest absolute Gasteiger partial charge is 0.372 e. The van der Waals surface area contributed by atoms with Crippen molar-refractivity contribution in [3.8, 4) is 6.07 Å². The average molecular weight is 244 g/mol. The summed E-state index contributed by atoms with van der Waals surface area (Å²) >= 11 is 0. The molecule has 0 atom stereocenters. The summed E-state index contributed by atoms with van der Waals surface area (Å²) in [6, 6.07) is 7.67. The van der Waals surface area contributed by atoms with E-state index in [1.54, 1.807) is 4.90 Å². The minimum atomic E-state index is -0.0758. The summed E-state index contributed by atoms with van der Waals surface area (Å²) in [6.45, 7) is 3.94. The minimum Gasteiger partial charge on any atom is -0.372 e. The fourth-order valence-corrected chi connectivity index (χ4v) is 2.10. The molecule has 0 radical (unpaired) electrons. The van der Waals surface area contributed by atoms with Crippen molar-refractivity contribution < 1.29 is 9.53 Å². The molecule has 0 aromatic heterocycles. The second-order valence-electron chi connectivity index (χ2n) is 4.36. The molecular weight excluding hydrogens is 228 g/mol. The van der Waals surface area contributed by atoms with Crippen molar-refractivity contribution in [2.45, 2.75) is 26.6 Å². The van der Waals surface area contributed by atoms with E-state index < -0.39 is 0 Å². The second-order valence-corrected chi connectivity index (χ2v) is 4.36. The number of amides is 1. The maximum Gasteiger partial charge on any atom is 0.254 e. The van der Waals surface area contributed by atoms with Crippen molar-refractivity contribution in [2.75, 3.05) is 13.1 Å². The number of nitrogens with zero attached hydrogens (tertiary/aromatic N) is 2. The van der Waals surface area contributed by atoms with Gasteiger partial charge in [0.1, 0.15) is 6.54 Å². The lowest BCUT2D eigenvalue weighted by molar-refractivity contribution is 0.0776. The van der Waals surface area contributed by atoms with Crippen LogP contribution in [-0.2, 0) is 18.0 Å². The molecule has 0 saturated heterocycles. The number of ether oxygens (including phenoxy) is 1. The van der Waals surface area contributed by atoms with Gasteiger partial charge in [-0.25, -0.2) is 0 Å². The molecule has 94 valence electrons. The molecule has 18 heavy (non-hydrogen) atoms. The molecule has 0 spiro atoms. The summed E-state index contributed by atoms with van der Waals surface area (Å²) in [4.78, 5) is 13.8. The number of rotatable bonds is 4. The normalized spacial score (nSPS) is 12.9. The highest BCUT2D eigenvalue weighted by Crippen LogP contribution is 2.21. The van der Waals surface area contributed by atoms with E-state index in [9.17, 15) is 4.79 Å². The Morgan fingerprint density at radius 1 is 1.44 bits per heavy atom. The number of hydrogen-bond donors (Lipinski definition) is 0. The van der Waals surface area contributed by atoms with Crippen LogP contribution in [0.2, 0.25) is 0 Å². The van der Waals surface area contributed by atoms with Crippen LogP contribution in [0.15, 0.2) is 18.2 Å². The number of carbonyl (C=O) groups excluding carboxylic acids is 1. The Labute approximate surface area is 107 Å². The van der Waals surface area contributed by atoms with E-state index in [4.69, 9.17) is 10.00 Å². The summed E-state index contributed by atoms with van der Waals surface area (Å²) in [5.41, 5.74) is 2.87. The lowest BCUT2D eigenvalue weighted by Gasteiger charge is -2.19. The average Bonchev–Trinajstić information content (AvgIpc) is 2.84. The summed E-state index contributed by atoms with van der Waals surface area (Å²) in [5.74, 6) is -0.0758. The Hall–Kier alpha value is -1.86. The molecule has 1 aliphatic heterocycles. The molecule has 4 heteroatoms. The first-order valence-electron chi connectivity index (χ1n) is 6.12. The number of carbonyl (C=O) groups is 1. The summed E-state index contributed by atoms with van der Waals surface area (Å²) < 4.78 is 5.33. The zero-order valence-electron chi connectivity index (χ0n) is 10.5. The zero-order chi connectivity index (χ0) is 13.0.